The smallest absolute Gasteiger partial charge is 0.144 e. The van der Waals surface area contributed by atoms with Crippen LogP contribution in [-0.2, 0) is 10.2 Å². The van der Waals surface area contributed by atoms with Gasteiger partial charge in [-0.25, -0.2) is 4.39 Å². The van der Waals surface area contributed by atoms with E-state index in [2.05, 4.69) is 4.90 Å². The van der Waals surface area contributed by atoms with Crippen LogP contribution in [-0.4, -0.2) is 30.3 Å². The zero-order chi connectivity index (χ0) is 14.7. The summed E-state index contributed by atoms with van der Waals surface area (Å²) in [4.78, 5) is 15.2. The molecule has 3 rings (SSSR count). The summed E-state index contributed by atoms with van der Waals surface area (Å²) in [6, 6.07) is 6.86. The highest BCUT2D eigenvalue weighted by Crippen LogP contribution is 2.43. The molecule has 1 saturated heterocycles. The van der Waals surface area contributed by atoms with Crippen molar-refractivity contribution in [2.75, 3.05) is 19.6 Å². The molecule has 1 aliphatic heterocycles. The summed E-state index contributed by atoms with van der Waals surface area (Å²) in [5, 5.41) is 0. The van der Waals surface area contributed by atoms with Crippen LogP contribution in [0.25, 0.3) is 0 Å². The first-order valence-corrected chi connectivity index (χ1v) is 8.23. The molecule has 0 spiro atoms. The minimum atomic E-state index is -0.551. The van der Waals surface area contributed by atoms with Gasteiger partial charge in [-0.1, -0.05) is 31.0 Å². The fourth-order valence-electron chi connectivity index (χ4n) is 4.03. The van der Waals surface area contributed by atoms with Gasteiger partial charge in [-0.3, -0.25) is 4.79 Å². The lowest BCUT2D eigenvalue weighted by Crippen LogP contribution is -2.36. The van der Waals surface area contributed by atoms with Gasteiger partial charge in [-0.2, -0.15) is 0 Å². The Kier molecular flexibility index (Phi) is 5.99. The van der Waals surface area contributed by atoms with Gasteiger partial charge in [0.25, 0.3) is 0 Å². The fraction of sp³-hybridized carbons (Fsp3) is 0.611. The summed E-state index contributed by atoms with van der Waals surface area (Å²) < 4.78 is 14.2. The molecular formula is C18H25ClFNO. The number of hydrogen-bond acceptors (Lipinski definition) is 2. The number of carbonyl (C=O) groups is 1. The molecule has 1 aromatic carbocycles. The summed E-state index contributed by atoms with van der Waals surface area (Å²) >= 11 is 0. The van der Waals surface area contributed by atoms with Crippen molar-refractivity contribution >= 4 is 18.2 Å². The number of hydrogen-bond donors (Lipinski definition) is 0. The molecule has 4 heteroatoms. The Labute approximate surface area is 138 Å². The normalized spacial score (nSPS) is 20.8. The Hall–Kier alpha value is -0.930. The molecule has 2 fully saturated rings. The third kappa shape index (κ3) is 3.36. The minimum Gasteiger partial charge on any atom is -0.303 e. The van der Waals surface area contributed by atoms with Crippen molar-refractivity contribution in [2.24, 2.45) is 0 Å². The van der Waals surface area contributed by atoms with Gasteiger partial charge in [-0.05, 0) is 44.8 Å². The maximum absolute atomic E-state index is 14.2. The summed E-state index contributed by atoms with van der Waals surface area (Å²) in [7, 11) is 0. The molecule has 0 bridgehead atoms. The first-order chi connectivity index (χ1) is 10.2. The number of halogens is 2. The van der Waals surface area contributed by atoms with Gasteiger partial charge in [0.15, 0.2) is 0 Å². The van der Waals surface area contributed by atoms with Gasteiger partial charge in [0.05, 0.1) is 5.41 Å². The largest absolute Gasteiger partial charge is 0.303 e. The maximum atomic E-state index is 14.2. The third-order valence-electron chi connectivity index (χ3n) is 5.23. The topological polar surface area (TPSA) is 20.3 Å². The van der Waals surface area contributed by atoms with Crippen LogP contribution in [0.15, 0.2) is 24.3 Å². The monoisotopic (exact) mass is 325 g/mol. The SMILES string of the molecule is Cl.O=C(CCN1CCCC1)C1(c2ccccc2F)CCCC1. The van der Waals surface area contributed by atoms with Crippen molar-refractivity contribution in [2.45, 2.75) is 50.4 Å². The molecule has 1 aromatic rings. The number of nitrogens with zero attached hydrogens (tertiary/aromatic N) is 1. The second kappa shape index (κ2) is 7.56. The van der Waals surface area contributed by atoms with E-state index in [1.807, 2.05) is 12.1 Å². The summed E-state index contributed by atoms with van der Waals surface area (Å²) in [5.74, 6) is 0.0333. The molecule has 0 atom stereocenters. The summed E-state index contributed by atoms with van der Waals surface area (Å²) in [6.07, 6.45) is 6.74. The maximum Gasteiger partial charge on any atom is 0.144 e. The van der Waals surface area contributed by atoms with Crippen LogP contribution in [0.4, 0.5) is 4.39 Å². The quantitative estimate of drug-likeness (QED) is 0.812. The number of Topliss-reactive ketones (excluding diaryl/α,β-unsaturated/α-hetero) is 1. The van der Waals surface area contributed by atoms with E-state index >= 15 is 0 Å². The Morgan fingerprint density at radius 2 is 1.73 bits per heavy atom. The zero-order valence-electron chi connectivity index (χ0n) is 13.0. The molecule has 2 aliphatic rings. The molecular weight excluding hydrogens is 301 g/mol. The lowest BCUT2D eigenvalue weighted by Gasteiger charge is -2.29. The standard InChI is InChI=1S/C18H24FNO.ClH/c19-16-8-2-1-7-15(16)18(10-3-4-11-18)17(21)9-14-20-12-5-6-13-20;/h1-2,7-8H,3-6,9-14H2;1H. The van der Waals surface area contributed by atoms with Gasteiger partial charge >= 0.3 is 0 Å². The van der Waals surface area contributed by atoms with E-state index in [1.54, 1.807) is 6.07 Å². The van der Waals surface area contributed by atoms with Crippen molar-refractivity contribution in [3.8, 4) is 0 Å². The number of benzene rings is 1. The molecule has 0 aromatic heterocycles. The minimum absolute atomic E-state index is 0. The average Bonchev–Trinajstić information content (AvgIpc) is 3.17. The van der Waals surface area contributed by atoms with Crippen molar-refractivity contribution in [3.63, 3.8) is 0 Å². The van der Waals surface area contributed by atoms with Crippen molar-refractivity contribution in [1.82, 2.24) is 4.90 Å². The van der Waals surface area contributed by atoms with Crippen molar-refractivity contribution in [1.29, 1.82) is 0 Å². The number of ketones is 1. The molecule has 2 nitrogen and oxygen atoms in total. The van der Waals surface area contributed by atoms with E-state index in [-0.39, 0.29) is 24.0 Å². The summed E-state index contributed by atoms with van der Waals surface area (Å²) in [5.41, 5.74) is 0.0827. The van der Waals surface area contributed by atoms with E-state index in [0.717, 1.165) is 45.3 Å². The van der Waals surface area contributed by atoms with Crippen LogP contribution in [0.2, 0.25) is 0 Å². The van der Waals surface area contributed by atoms with E-state index in [9.17, 15) is 9.18 Å². The van der Waals surface area contributed by atoms with Gasteiger partial charge in [0, 0.05) is 18.5 Å². The van der Waals surface area contributed by atoms with Crippen LogP contribution in [0, 0.1) is 5.82 Å². The lowest BCUT2D eigenvalue weighted by atomic mass is 9.74. The number of carbonyl (C=O) groups excluding carboxylic acids is 1. The predicted octanol–water partition coefficient (Wildman–Crippen LogP) is 4.11. The van der Waals surface area contributed by atoms with Crippen molar-refractivity contribution < 1.29 is 9.18 Å². The highest BCUT2D eigenvalue weighted by Gasteiger charge is 2.43. The van der Waals surface area contributed by atoms with Crippen LogP contribution in [0.5, 0.6) is 0 Å². The molecule has 1 aliphatic carbocycles. The van der Waals surface area contributed by atoms with Crippen LogP contribution in [0.1, 0.15) is 50.5 Å². The molecule has 0 radical (unpaired) electrons. The third-order valence-corrected chi connectivity index (χ3v) is 5.23. The highest BCUT2D eigenvalue weighted by molar-refractivity contribution is 5.90. The van der Waals surface area contributed by atoms with Gasteiger partial charge in [0.2, 0.25) is 0 Å². The Morgan fingerprint density at radius 1 is 1.09 bits per heavy atom. The van der Waals surface area contributed by atoms with E-state index in [4.69, 9.17) is 0 Å². The molecule has 0 unspecified atom stereocenters. The first kappa shape index (κ1) is 17.4. The number of rotatable bonds is 5. The van der Waals surface area contributed by atoms with Crippen LogP contribution < -0.4 is 0 Å². The Bertz CT molecular complexity index is 508. The first-order valence-electron chi connectivity index (χ1n) is 8.23. The second-order valence-corrected chi connectivity index (χ2v) is 6.49. The number of likely N-dealkylation sites (tertiary alicyclic amines) is 1. The molecule has 22 heavy (non-hydrogen) atoms. The van der Waals surface area contributed by atoms with Gasteiger partial charge in [-0.15, -0.1) is 12.4 Å². The van der Waals surface area contributed by atoms with E-state index in [0.29, 0.717) is 12.0 Å². The molecule has 0 amide bonds. The zero-order valence-corrected chi connectivity index (χ0v) is 13.8. The van der Waals surface area contributed by atoms with Crippen LogP contribution in [0.3, 0.4) is 0 Å². The molecule has 122 valence electrons. The molecule has 0 N–H and O–H groups in total. The van der Waals surface area contributed by atoms with E-state index < -0.39 is 5.41 Å². The lowest BCUT2D eigenvalue weighted by molar-refractivity contribution is -0.124. The van der Waals surface area contributed by atoms with Gasteiger partial charge in [0.1, 0.15) is 11.6 Å². The summed E-state index contributed by atoms with van der Waals surface area (Å²) in [6.45, 7) is 3.06. The molecule has 1 heterocycles. The predicted molar refractivity (Wildman–Crippen MR) is 89.1 cm³/mol. The Morgan fingerprint density at radius 3 is 2.36 bits per heavy atom. The fourth-order valence-corrected chi connectivity index (χ4v) is 4.03. The Balaban J connectivity index is 0.00000176. The van der Waals surface area contributed by atoms with Crippen molar-refractivity contribution in [3.05, 3.63) is 35.6 Å². The molecule has 1 saturated carbocycles. The average molecular weight is 326 g/mol. The van der Waals surface area contributed by atoms with Crippen LogP contribution >= 0.6 is 12.4 Å². The highest BCUT2D eigenvalue weighted by atomic mass is 35.5. The van der Waals surface area contributed by atoms with Gasteiger partial charge < -0.3 is 4.90 Å². The second-order valence-electron chi connectivity index (χ2n) is 6.49. The van der Waals surface area contributed by atoms with E-state index in [1.165, 1.54) is 18.9 Å².